The quantitative estimate of drug-likeness (QED) is 0.373. The number of quaternary nitrogens is 1. The molecule has 2 aliphatic heterocycles. The molecule has 5 rings (SSSR count). The van der Waals surface area contributed by atoms with Gasteiger partial charge in [-0.15, -0.1) is 0 Å². The lowest BCUT2D eigenvalue weighted by molar-refractivity contribution is -0.825. The van der Waals surface area contributed by atoms with Gasteiger partial charge in [-0.25, -0.2) is 4.79 Å². The Kier molecular flexibility index (Phi) is 4.70. The number of piperidine rings is 1. The number of carbonyl (C=O) groups excluding carboxylic acids is 3. The van der Waals surface area contributed by atoms with Crippen LogP contribution in [0.25, 0.3) is 11.0 Å². The smallest absolute Gasteiger partial charge is 0.347 e. The summed E-state index contributed by atoms with van der Waals surface area (Å²) >= 11 is 0. The van der Waals surface area contributed by atoms with Crippen molar-refractivity contribution in [1.29, 1.82) is 0 Å². The number of hydroxylamine groups is 3. The van der Waals surface area contributed by atoms with Crippen molar-refractivity contribution < 1.29 is 23.4 Å². The van der Waals surface area contributed by atoms with Gasteiger partial charge in [-0.3, -0.25) is 19.6 Å². The number of imide groups is 1. The average molecular weight is 419 g/mol. The fourth-order valence-electron chi connectivity index (χ4n) is 4.41. The number of carbonyl (C=O) groups is 3. The first kappa shape index (κ1) is 19.6. The zero-order valence-electron chi connectivity index (χ0n) is 16.7. The van der Waals surface area contributed by atoms with Gasteiger partial charge < -0.3 is 14.9 Å². The largest absolute Gasteiger partial charge is 0.624 e. The minimum atomic E-state index is -1.26. The lowest BCUT2D eigenvalue weighted by Crippen LogP contribution is -2.60. The topological polar surface area (TPSA) is 111 Å². The van der Waals surface area contributed by atoms with E-state index in [1.165, 1.54) is 0 Å². The summed E-state index contributed by atoms with van der Waals surface area (Å²) < 4.78 is 4.53. The molecule has 2 aliphatic rings. The summed E-state index contributed by atoms with van der Waals surface area (Å²) in [7, 11) is 0. The molecule has 8 heteroatoms. The number of nitrogens with one attached hydrogen (secondary N) is 2. The lowest BCUT2D eigenvalue weighted by Gasteiger charge is -2.42. The second-order valence-corrected chi connectivity index (χ2v) is 8.07. The Labute approximate surface area is 178 Å². The number of furan rings is 1. The molecule has 0 saturated carbocycles. The van der Waals surface area contributed by atoms with Crippen molar-refractivity contribution in [2.24, 2.45) is 0 Å². The SMILES string of the molecule is O=C1CCC([N+]2([O-])Cc3cc(CNCc4cc5ccccc5o4)ccc3C2=O)C(=O)N1. The van der Waals surface area contributed by atoms with Crippen LogP contribution in [0.5, 0.6) is 0 Å². The summed E-state index contributed by atoms with van der Waals surface area (Å²) in [6.07, 6.45) is 0.152. The zero-order chi connectivity index (χ0) is 21.6. The fraction of sp³-hybridized carbons (Fsp3) is 0.261. The molecule has 1 aromatic heterocycles. The molecule has 2 atom stereocenters. The maximum atomic E-state index is 13.3. The summed E-state index contributed by atoms with van der Waals surface area (Å²) in [4.78, 5) is 36.4. The summed E-state index contributed by atoms with van der Waals surface area (Å²) in [5.41, 5.74) is 2.75. The molecule has 3 heterocycles. The van der Waals surface area contributed by atoms with Crippen molar-refractivity contribution in [2.45, 2.75) is 38.5 Å². The van der Waals surface area contributed by atoms with Gasteiger partial charge in [0.25, 0.3) is 5.91 Å². The first-order valence-electron chi connectivity index (χ1n) is 10.2. The minimum absolute atomic E-state index is 0.0687. The van der Waals surface area contributed by atoms with Crippen molar-refractivity contribution in [2.75, 3.05) is 0 Å². The van der Waals surface area contributed by atoms with Crippen LogP contribution in [0.4, 0.5) is 0 Å². The number of hydrogen-bond acceptors (Lipinski definition) is 6. The Morgan fingerprint density at radius 3 is 2.74 bits per heavy atom. The summed E-state index contributed by atoms with van der Waals surface area (Å²) in [6.45, 7) is 0.982. The van der Waals surface area contributed by atoms with Gasteiger partial charge in [-0.1, -0.05) is 24.3 Å². The van der Waals surface area contributed by atoms with Gasteiger partial charge in [0, 0.05) is 30.3 Å². The summed E-state index contributed by atoms with van der Waals surface area (Å²) in [5.74, 6) is -0.869. The van der Waals surface area contributed by atoms with Gasteiger partial charge in [0.05, 0.1) is 12.1 Å². The second-order valence-electron chi connectivity index (χ2n) is 8.07. The van der Waals surface area contributed by atoms with Crippen molar-refractivity contribution in [3.05, 3.63) is 76.2 Å². The molecule has 3 amide bonds. The van der Waals surface area contributed by atoms with Crippen molar-refractivity contribution in [3.63, 3.8) is 0 Å². The van der Waals surface area contributed by atoms with Crippen LogP contribution >= 0.6 is 0 Å². The second kappa shape index (κ2) is 7.42. The predicted molar refractivity (Wildman–Crippen MR) is 111 cm³/mol. The fourth-order valence-corrected chi connectivity index (χ4v) is 4.41. The van der Waals surface area contributed by atoms with E-state index in [0.717, 1.165) is 22.3 Å². The summed E-state index contributed by atoms with van der Waals surface area (Å²) in [5, 5.41) is 19.9. The van der Waals surface area contributed by atoms with E-state index in [1.54, 1.807) is 6.07 Å². The molecule has 31 heavy (non-hydrogen) atoms. The number of fused-ring (bicyclic) bond motifs is 2. The number of hydrogen-bond donors (Lipinski definition) is 2. The van der Waals surface area contributed by atoms with Crippen LogP contribution in [0, 0.1) is 5.21 Å². The van der Waals surface area contributed by atoms with Crippen LogP contribution in [0.1, 0.15) is 40.1 Å². The van der Waals surface area contributed by atoms with Gasteiger partial charge in [-0.2, -0.15) is 0 Å². The Morgan fingerprint density at radius 2 is 1.94 bits per heavy atom. The minimum Gasteiger partial charge on any atom is -0.624 e. The van der Waals surface area contributed by atoms with Crippen LogP contribution in [0.3, 0.4) is 0 Å². The van der Waals surface area contributed by atoms with E-state index in [9.17, 15) is 19.6 Å². The highest BCUT2D eigenvalue weighted by atomic mass is 16.6. The lowest BCUT2D eigenvalue weighted by atomic mass is 10.0. The third kappa shape index (κ3) is 3.44. The Hall–Kier alpha value is -3.33. The molecule has 0 aliphatic carbocycles. The number of rotatable bonds is 5. The van der Waals surface area contributed by atoms with Gasteiger partial charge in [0.15, 0.2) is 6.04 Å². The van der Waals surface area contributed by atoms with Gasteiger partial charge >= 0.3 is 5.91 Å². The zero-order valence-corrected chi connectivity index (χ0v) is 16.7. The Morgan fingerprint density at radius 1 is 1.10 bits per heavy atom. The molecule has 2 unspecified atom stereocenters. The third-order valence-corrected chi connectivity index (χ3v) is 5.97. The summed E-state index contributed by atoms with van der Waals surface area (Å²) in [6, 6.07) is 14.0. The van der Waals surface area contributed by atoms with E-state index in [0.29, 0.717) is 24.2 Å². The van der Waals surface area contributed by atoms with Gasteiger partial charge in [-0.05, 0) is 29.8 Å². The first-order valence-corrected chi connectivity index (χ1v) is 10.2. The normalized spacial score (nSPS) is 23.3. The number of para-hydroxylation sites is 1. The maximum absolute atomic E-state index is 13.3. The Bertz CT molecular complexity index is 1180. The molecule has 158 valence electrons. The van der Waals surface area contributed by atoms with E-state index >= 15 is 0 Å². The molecule has 1 fully saturated rings. The molecular weight excluding hydrogens is 398 g/mol. The van der Waals surface area contributed by atoms with Crippen molar-refractivity contribution in [1.82, 2.24) is 10.6 Å². The molecule has 2 aromatic carbocycles. The highest BCUT2D eigenvalue weighted by molar-refractivity contribution is 6.02. The standard InChI is InChI=1S/C23H21N3O5/c27-21-8-7-19(22(28)25-21)26(30)13-16-9-14(5-6-18(16)23(26)29)11-24-12-17-10-15-3-1-2-4-20(15)31-17/h1-6,9-10,19,24H,7-8,11-13H2,(H,25,27,28). The molecule has 0 spiro atoms. The molecule has 0 radical (unpaired) electrons. The van der Waals surface area contributed by atoms with E-state index in [1.807, 2.05) is 42.5 Å². The highest BCUT2D eigenvalue weighted by Crippen LogP contribution is 2.35. The maximum Gasteiger partial charge on any atom is 0.347 e. The van der Waals surface area contributed by atoms with Crippen LogP contribution in [0.15, 0.2) is 52.9 Å². The number of benzene rings is 2. The molecule has 8 nitrogen and oxygen atoms in total. The van der Waals surface area contributed by atoms with E-state index in [4.69, 9.17) is 4.42 Å². The van der Waals surface area contributed by atoms with E-state index in [2.05, 4.69) is 10.6 Å². The molecule has 3 aromatic rings. The Balaban J connectivity index is 1.27. The molecular formula is C23H21N3O5. The van der Waals surface area contributed by atoms with Crippen LogP contribution in [-0.4, -0.2) is 28.4 Å². The van der Waals surface area contributed by atoms with E-state index in [-0.39, 0.29) is 19.4 Å². The molecule has 0 bridgehead atoms. The van der Waals surface area contributed by atoms with Crippen LogP contribution < -0.4 is 10.6 Å². The monoisotopic (exact) mass is 419 g/mol. The average Bonchev–Trinajstić information content (AvgIpc) is 3.26. The van der Waals surface area contributed by atoms with Gasteiger partial charge in [0.1, 0.15) is 17.9 Å². The first-order chi connectivity index (χ1) is 14.9. The van der Waals surface area contributed by atoms with Crippen molar-refractivity contribution >= 4 is 28.7 Å². The molecule has 2 N–H and O–H groups in total. The van der Waals surface area contributed by atoms with Crippen LogP contribution in [-0.2, 0) is 29.2 Å². The predicted octanol–water partition coefficient (Wildman–Crippen LogP) is 2.50. The van der Waals surface area contributed by atoms with Gasteiger partial charge in [0.2, 0.25) is 5.91 Å². The number of nitrogens with zero attached hydrogens (tertiary/aromatic N) is 1. The highest BCUT2D eigenvalue weighted by Gasteiger charge is 2.49. The van der Waals surface area contributed by atoms with E-state index < -0.39 is 28.4 Å². The number of amides is 3. The van der Waals surface area contributed by atoms with Crippen LogP contribution in [0.2, 0.25) is 0 Å². The molecule has 1 saturated heterocycles. The third-order valence-electron chi connectivity index (χ3n) is 5.97. The van der Waals surface area contributed by atoms with Crippen molar-refractivity contribution in [3.8, 4) is 0 Å².